The van der Waals surface area contributed by atoms with Gasteiger partial charge in [0.05, 0.1) is 4.90 Å². The molecule has 0 radical (unpaired) electrons. The maximum atomic E-state index is 13.7. The number of hydrogen-bond acceptors (Lipinski definition) is 8. The Hall–Kier alpha value is -4.22. The average Bonchev–Trinajstić information content (AvgIpc) is 2.96. The van der Waals surface area contributed by atoms with Gasteiger partial charge in [-0.2, -0.15) is 8.42 Å². The zero-order chi connectivity index (χ0) is 29.5. The van der Waals surface area contributed by atoms with Crippen molar-refractivity contribution in [3.63, 3.8) is 0 Å². The second-order valence-electron chi connectivity index (χ2n) is 10.0. The van der Waals surface area contributed by atoms with Crippen molar-refractivity contribution >= 4 is 28.0 Å². The number of benzene rings is 3. The van der Waals surface area contributed by atoms with Crippen LogP contribution >= 0.6 is 0 Å². The second kappa shape index (κ2) is 13.0. The van der Waals surface area contributed by atoms with Gasteiger partial charge in [-0.1, -0.05) is 60.2 Å². The highest BCUT2D eigenvalue weighted by Gasteiger charge is 2.48. The van der Waals surface area contributed by atoms with Crippen LogP contribution in [0.2, 0.25) is 0 Å². The third-order valence-corrected chi connectivity index (χ3v) is 8.31. The first kappa shape index (κ1) is 29.8. The van der Waals surface area contributed by atoms with E-state index in [9.17, 15) is 18.0 Å². The van der Waals surface area contributed by atoms with Crippen LogP contribution in [0.25, 0.3) is 0 Å². The van der Waals surface area contributed by atoms with Crippen molar-refractivity contribution in [1.29, 1.82) is 0 Å². The van der Waals surface area contributed by atoms with Crippen molar-refractivity contribution in [3.05, 3.63) is 95.6 Å². The quantitative estimate of drug-likeness (QED) is 0.119. The minimum Gasteiger partial charge on any atom is -0.457 e. The molecule has 10 nitrogen and oxygen atoms in total. The summed E-state index contributed by atoms with van der Waals surface area (Å²) < 4.78 is 43.4. The van der Waals surface area contributed by atoms with Crippen molar-refractivity contribution in [2.45, 2.75) is 49.7 Å². The van der Waals surface area contributed by atoms with Crippen LogP contribution < -0.4 is 16.2 Å². The Morgan fingerprint density at radius 3 is 2.22 bits per heavy atom. The number of aryl methyl sites for hydroxylation is 1. The smallest absolute Gasteiger partial charge is 0.345 e. The summed E-state index contributed by atoms with van der Waals surface area (Å²) in [6.45, 7) is 2.20. The maximum Gasteiger partial charge on any atom is 0.345 e. The number of esters is 2. The molecule has 0 unspecified atom stereocenters. The zero-order valence-corrected chi connectivity index (χ0v) is 23.5. The molecule has 41 heavy (non-hydrogen) atoms. The van der Waals surface area contributed by atoms with E-state index in [-0.39, 0.29) is 47.5 Å². The minimum absolute atomic E-state index is 0.0176. The van der Waals surface area contributed by atoms with Crippen LogP contribution in [0, 0.1) is 12.8 Å². The lowest BCUT2D eigenvalue weighted by molar-refractivity contribution is -0.155. The standard InChI is InChI=1S/C30H33N3O7S/c1-21-11-13-24(14-12-21)41(36,37)40-30(17-15-22(16-18-30)19-33-29(31)32)28(35)39-26-10-6-5-9-25(26)27(34)38-20-23-7-3-2-4-8-23/h2-14,22H,15-20H2,1H3,(H4,31,32,33). The first-order valence-corrected chi connectivity index (χ1v) is 14.6. The average molecular weight is 580 g/mol. The third-order valence-electron chi connectivity index (χ3n) is 6.92. The molecular weight excluding hydrogens is 546 g/mol. The lowest BCUT2D eigenvalue weighted by Gasteiger charge is -2.36. The molecule has 0 heterocycles. The van der Waals surface area contributed by atoms with E-state index in [4.69, 9.17) is 25.1 Å². The first-order chi connectivity index (χ1) is 19.6. The van der Waals surface area contributed by atoms with Gasteiger partial charge in [0.1, 0.15) is 17.9 Å². The third kappa shape index (κ3) is 7.71. The summed E-state index contributed by atoms with van der Waals surface area (Å²) in [5.41, 5.74) is 10.8. The highest BCUT2D eigenvalue weighted by Crippen LogP contribution is 2.39. The van der Waals surface area contributed by atoms with Crippen LogP contribution in [0.1, 0.15) is 47.2 Å². The fraction of sp³-hybridized carbons (Fsp3) is 0.300. The largest absolute Gasteiger partial charge is 0.457 e. The Balaban J connectivity index is 1.57. The van der Waals surface area contributed by atoms with Crippen molar-refractivity contribution in [2.75, 3.05) is 6.54 Å². The highest BCUT2D eigenvalue weighted by atomic mass is 32.2. The summed E-state index contributed by atoms with van der Waals surface area (Å²) in [5, 5.41) is 0. The Bertz CT molecular complexity index is 1490. The molecule has 0 bridgehead atoms. The Morgan fingerprint density at radius 1 is 0.927 bits per heavy atom. The highest BCUT2D eigenvalue weighted by molar-refractivity contribution is 7.86. The normalized spacial score (nSPS) is 18.7. The monoisotopic (exact) mass is 579 g/mol. The van der Waals surface area contributed by atoms with Gasteiger partial charge < -0.3 is 20.9 Å². The zero-order valence-electron chi connectivity index (χ0n) is 22.7. The molecule has 4 N–H and O–H groups in total. The molecule has 4 rings (SSSR count). The van der Waals surface area contributed by atoms with Gasteiger partial charge in [0, 0.05) is 6.54 Å². The van der Waals surface area contributed by atoms with Gasteiger partial charge in [0.2, 0.25) is 0 Å². The number of aliphatic imine (C=N–C) groups is 1. The van der Waals surface area contributed by atoms with Gasteiger partial charge in [-0.15, -0.1) is 0 Å². The molecule has 1 fully saturated rings. The van der Waals surface area contributed by atoms with Crippen LogP contribution in [0.4, 0.5) is 0 Å². The summed E-state index contributed by atoms with van der Waals surface area (Å²) in [7, 11) is -4.34. The molecule has 3 aromatic rings. The van der Waals surface area contributed by atoms with Gasteiger partial charge in [0.15, 0.2) is 11.6 Å². The molecule has 1 aliphatic rings. The predicted octanol–water partition coefficient (Wildman–Crippen LogP) is 3.87. The molecular formula is C30H33N3O7S. The SMILES string of the molecule is Cc1ccc(S(=O)(=O)OC2(C(=O)Oc3ccccc3C(=O)OCc3ccccc3)CCC(CN=C(N)N)CC2)cc1. The van der Waals surface area contributed by atoms with E-state index in [1.54, 1.807) is 24.3 Å². The first-order valence-electron chi connectivity index (χ1n) is 13.2. The topological polar surface area (TPSA) is 160 Å². The predicted molar refractivity (Wildman–Crippen MR) is 152 cm³/mol. The van der Waals surface area contributed by atoms with Gasteiger partial charge >= 0.3 is 11.9 Å². The van der Waals surface area contributed by atoms with E-state index >= 15 is 0 Å². The Morgan fingerprint density at radius 2 is 1.56 bits per heavy atom. The van der Waals surface area contributed by atoms with E-state index in [2.05, 4.69) is 4.99 Å². The second-order valence-corrected chi connectivity index (χ2v) is 11.5. The summed E-state index contributed by atoms with van der Waals surface area (Å²) >= 11 is 0. The minimum atomic E-state index is -4.34. The summed E-state index contributed by atoms with van der Waals surface area (Å²) in [6, 6.07) is 21.4. The number of para-hydroxylation sites is 1. The van der Waals surface area contributed by atoms with Crippen LogP contribution in [0.3, 0.4) is 0 Å². The lowest BCUT2D eigenvalue weighted by Crippen LogP contribution is -2.49. The Kier molecular flexibility index (Phi) is 9.41. The molecule has 0 spiro atoms. The van der Waals surface area contributed by atoms with Gasteiger partial charge in [-0.3, -0.25) is 4.99 Å². The summed E-state index contributed by atoms with van der Waals surface area (Å²) in [5.74, 6) is -1.70. The number of ether oxygens (including phenoxy) is 2. The number of rotatable bonds is 10. The number of carbonyl (C=O) groups is 2. The van der Waals surface area contributed by atoms with Crippen LogP contribution in [0.15, 0.2) is 88.8 Å². The molecule has 0 atom stereocenters. The molecule has 0 amide bonds. The van der Waals surface area contributed by atoms with E-state index in [0.717, 1.165) is 11.1 Å². The molecule has 1 saturated carbocycles. The number of nitrogens with two attached hydrogens (primary N) is 2. The number of guanidine groups is 1. The Labute approximate surface area is 239 Å². The molecule has 0 saturated heterocycles. The number of hydrogen-bond donors (Lipinski definition) is 2. The van der Waals surface area contributed by atoms with Crippen LogP contribution in [-0.2, 0) is 30.4 Å². The molecule has 3 aromatic carbocycles. The van der Waals surface area contributed by atoms with Gasteiger partial charge in [-0.25, -0.2) is 13.8 Å². The molecule has 0 aliphatic heterocycles. The van der Waals surface area contributed by atoms with Crippen LogP contribution in [0.5, 0.6) is 5.75 Å². The van der Waals surface area contributed by atoms with E-state index < -0.39 is 27.7 Å². The van der Waals surface area contributed by atoms with Crippen molar-refractivity contribution in [2.24, 2.45) is 22.4 Å². The molecule has 1 aliphatic carbocycles. The van der Waals surface area contributed by atoms with Gasteiger partial charge in [-0.05, 0) is 68.4 Å². The van der Waals surface area contributed by atoms with Crippen molar-refractivity contribution in [3.8, 4) is 5.75 Å². The van der Waals surface area contributed by atoms with Crippen molar-refractivity contribution < 1.29 is 31.7 Å². The number of carbonyl (C=O) groups excluding carboxylic acids is 2. The molecule has 216 valence electrons. The lowest BCUT2D eigenvalue weighted by atomic mass is 9.79. The van der Waals surface area contributed by atoms with E-state index in [1.165, 1.54) is 24.3 Å². The maximum absolute atomic E-state index is 13.7. The van der Waals surface area contributed by atoms with Crippen LogP contribution in [-0.4, -0.2) is 38.5 Å². The van der Waals surface area contributed by atoms with Gasteiger partial charge in [0.25, 0.3) is 10.1 Å². The van der Waals surface area contributed by atoms with E-state index in [1.807, 2.05) is 37.3 Å². The summed E-state index contributed by atoms with van der Waals surface area (Å²) in [6.07, 6.45) is 0.913. The fourth-order valence-electron chi connectivity index (χ4n) is 4.56. The van der Waals surface area contributed by atoms with Crippen molar-refractivity contribution in [1.82, 2.24) is 0 Å². The number of nitrogens with zero attached hydrogens (tertiary/aromatic N) is 1. The fourth-order valence-corrected chi connectivity index (χ4v) is 5.78. The summed E-state index contributed by atoms with van der Waals surface area (Å²) in [4.78, 5) is 30.6. The molecule has 0 aromatic heterocycles. The molecule has 11 heteroatoms. The van der Waals surface area contributed by atoms with E-state index in [0.29, 0.717) is 19.4 Å².